The van der Waals surface area contributed by atoms with E-state index in [0.717, 1.165) is 5.56 Å². The fourth-order valence-electron chi connectivity index (χ4n) is 1.84. The molecule has 1 aromatic heterocycles. The lowest BCUT2D eigenvalue weighted by molar-refractivity contribution is 0.155. The van der Waals surface area contributed by atoms with E-state index < -0.39 is 0 Å². The molecule has 7 nitrogen and oxygen atoms in total. The number of amides is 2. The molecule has 0 radical (unpaired) electrons. The van der Waals surface area contributed by atoms with Crippen LogP contribution in [0, 0.1) is 0 Å². The van der Waals surface area contributed by atoms with E-state index in [0.29, 0.717) is 6.54 Å². The Hall–Kier alpha value is -1.60. The Labute approximate surface area is 120 Å². The van der Waals surface area contributed by atoms with Gasteiger partial charge >= 0.3 is 6.03 Å². The van der Waals surface area contributed by atoms with E-state index >= 15 is 0 Å². The fourth-order valence-corrected chi connectivity index (χ4v) is 1.84. The minimum Gasteiger partial charge on any atom is -0.394 e. The second kappa shape index (κ2) is 7.25. The van der Waals surface area contributed by atoms with Crippen molar-refractivity contribution in [2.75, 3.05) is 34.3 Å². The highest BCUT2D eigenvalue weighted by Gasteiger charge is 2.19. The molecule has 0 saturated carbocycles. The summed E-state index contributed by atoms with van der Waals surface area (Å²) in [6, 6.07) is -0.334. The van der Waals surface area contributed by atoms with Crippen molar-refractivity contribution in [3.8, 4) is 0 Å². The van der Waals surface area contributed by atoms with E-state index in [1.54, 1.807) is 24.9 Å². The van der Waals surface area contributed by atoms with Gasteiger partial charge in [0.2, 0.25) is 0 Å². The molecule has 2 atom stereocenters. The molecule has 20 heavy (non-hydrogen) atoms. The van der Waals surface area contributed by atoms with Gasteiger partial charge in [0.1, 0.15) is 0 Å². The van der Waals surface area contributed by atoms with Gasteiger partial charge in [0.15, 0.2) is 0 Å². The Balaban J connectivity index is 2.62. The van der Waals surface area contributed by atoms with Crippen molar-refractivity contribution in [3.63, 3.8) is 0 Å². The Bertz CT molecular complexity index is 432. The molecule has 7 heteroatoms. The van der Waals surface area contributed by atoms with Gasteiger partial charge in [-0.3, -0.25) is 4.68 Å². The molecular weight excluding hydrogens is 258 g/mol. The number of aryl methyl sites for hydroxylation is 1. The molecule has 0 aliphatic heterocycles. The maximum atomic E-state index is 12.0. The van der Waals surface area contributed by atoms with Crippen LogP contribution in [0.2, 0.25) is 0 Å². The molecular formula is C13H25N5O2. The van der Waals surface area contributed by atoms with Crippen molar-refractivity contribution in [1.29, 1.82) is 0 Å². The van der Waals surface area contributed by atoms with Crippen LogP contribution < -0.4 is 5.32 Å². The minimum absolute atomic E-state index is 0.0520. The first-order valence-electron chi connectivity index (χ1n) is 6.63. The summed E-state index contributed by atoms with van der Waals surface area (Å²) in [5, 5.41) is 16.1. The lowest BCUT2D eigenvalue weighted by Crippen LogP contribution is -2.46. The molecule has 0 spiro atoms. The van der Waals surface area contributed by atoms with E-state index in [1.165, 1.54) is 4.90 Å². The molecule has 0 bridgehead atoms. The topological polar surface area (TPSA) is 73.6 Å². The third kappa shape index (κ3) is 4.21. The highest BCUT2D eigenvalue weighted by Crippen LogP contribution is 2.16. The van der Waals surface area contributed by atoms with E-state index in [9.17, 15) is 4.79 Å². The number of aromatic nitrogens is 2. The zero-order chi connectivity index (χ0) is 15.3. The van der Waals surface area contributed by atoms with Crippen LogP contribution in [0.15, 0.2) is 12.4 Å². The average Bonchev–Trinajstić information content (AvgIpc) is 2.82. The summed E-state index contributed by atoms with van der Waals surface area (Å²) in [7, 11) is 7.46. The molecule has 0 fully saturated rings. The number of aliphatic hydroxyl groups excluding tert-OH is 1. The lowest BCUT2D eigenvalue weighted by Gasteiger charge is -2.27. The fraction of sp³-hybridized carbons (Fsp3) is 0.692. The lowest BCUT2D eigenvalue weighted by atomic mass is 10.1. The first-order valence-corrected chi connectivity index (χ1v) is 6.63. The Morgan fingerprint density at radius 2 is 2.15 bits per heavy atom. The first kappa shape index (κ1) is 16.5. The summed E-state index contributed by atoms with van der Waals surface area (Å²) >= 11 is 0. The number of hydrogen-bond acceptors (Lipinski definition) is 4. The molecule has 2 N–H and O–H groups in total. The summed E-state index contributed by atoms with van der Waals surface area (Å²) in [6.45, 7) is 2.23. The molecule has 0 aliphatic rings. The van der Waals surface area contributed by atoms with Crippen LogP contribution in [0.5, 0.6) is 0 Å². The number of aliphatic hydroxyl groups is 1. The third-order valence-corrected chi connectivity index (χ3v) is 3.43. The number of nitrogens with zero attached hydrogens (tertiary/aromatic N) is 4. The standard InChI is InChI=1S/C13H25N5O2/c1-10(9-19)18(5)13(20)14-7-12(16(2)3)11-6-15-17(4)8-11/h6,8,10,12,19H,7,9H2,1-5H3,(H,14,20). The normalized spacial score (nSPS) is 14.2. The second-order valence-electron chi connectivity index (χ2n) is 5.26. The zero-order valence-corrected chi connectivity index (χ0v) is 12.9. The van der Waals surface area contributed by atoms with Crippen LogP contribution in [0.25, 0.3) is 0 Å². The third-order valence-electron chi connectivity index (χ3n) is 3.43. The number of urea groups is 1. The molecule has 1 rings (SSSR count). The average molecular weight is 283 g/mol. The van der Waals surface area contributed by atoms with Crippen molar-refractivity contribution in [2.24, 2.45) is 7.05 Å². The molecule has 1 heterocycles. The van der Waals surface area contributed by atoms with Gasteiger partial charge in [0.05, 0.1) is 24.9 Å². The second-order valence-corrected chi connectivity index (χ2v) is 5.26. The largest absolute Gasteiger partial charge is 0.394 e. The van der Waals surface area contributed by atoms with Crippen molar-refractivity contribution >= 4 is 6.03 Å². The molecule has 2 amide bonds. The molecule has 2 unspecified atom stereocenters. The van der Waals surface area contributed by atoms with Gasteiger partial charge < -0.3 is 20.2 Å². The molecule has 1 aromatic rings. The molecule has 0 saturated heterocycles. The number of carbonyl (C=O) groups is 1. The summed E-state index contributed by atoms with van der Waals surface area (Å²) < 4.78 is 1.74. The Kier molecular flexibility index (Phi) is 5.97. The number of carbonyl (C=O) groups excluding carboxylic acids is 1. The van der Waals surface area contributed by atoms with Gasteiger partial charge in [0.25, 0.3) is 0 Å². The first-order chi connectivity index (χ1) is 9.36. The summed E-state index contributed by atoms with van der Waals surface area (Å²) in [6.07, 6.45) is 3.74. The Morgan fingerprint density at radius 1 is 1.50 bits per heavy atom. The molecule has 0 aliphatic carbocycles. The van der Waals surface area contributed by atoms with Crippen molar-refractivity contribution in [2.45, 2.75) is 19.0 Å². The van der Waals surface area contributed by atoms with Crippen LogP contribution in [0.4, 0.5) is 4.79 Å². The van der Waals surface area contributed by atoms with Gasteiger partial charge in [-0.05, 0) is 21.0 Å². The highest BCUT2D eigenvalue weighted by molar-refractivity contribution is 5.74. The van der Waals surface area contributed by atoms with Gasteiger partial charge in [0, 0.05) is 32.4 Å². The monoisotopic (exact) mass is 283 g/mol. The quantitative estimate of drug-likeness (QED) is 0.773. The van der Waals surface area contributed by atoms with Crippen LogP contribution in [0.1, 0.15) is 18.5 Å². The van der Waals surface area contributed by atoms with Crippen LogP contribution in [0.3, 0.4) is 0 Å². The van der Waals surface area contributed by atoms with Crippen LogP contribution >= 0.6 is 0 Å². The van der Waals surface area contributed by atoms with E-state index in [2.05, 4.69) is 10.4 Å². The van der Waals surface area contributed by atoms with Gasteiger partial charge in [-0.1, -0.05) is 0 Å². The predicted octanol–water partition coefficient (Wildman–Crippen LogP) is 0.0450. The maximum absolute atomic E-state index is 12.0. The van der Waals surface area contributed by atoms with Crippen molar-refractivity contribution < 1.29 is 9.90 Å². The van der Waals surface area contributed by atoms with Gasteiger partial charge in [-0.25, -0.2) is 4.79 Å². The zero-order valence-electron chi connectivity index (χ0n) is 12.9. The number of rotatable bonds is 6. The van der Waals surface area contributed by atoms with Crippen LogP contribution in [-0.4, -0.2) is 71.1 Å². The van der Waals surface area contributed by atoms with E-state index in [1.807, 2.05) is 32.2 Å². The predicted molar refractivity (Wildman–Crippen MR) is 77.3 cm³/mol. The smallest absolute Gasteiger partial charge is 0.317 e. The van der Waals surface area contributed by atoms with Gasteiger partial charge in [-0.2, -0.15) is 5.10 Å². The summed E-state index contributed by atoms with van der Waals surface area (Å²) in [5.74, 6) is 0. The molecule has 0 aromatic carbocycles. The van der Waals surface area contributed by atoms with Crippen molar-refractivity contribution in [3.05, 3.63) is 18.0 Å². The SMILES string of the molecule is CC(CO)N(C)C(=O)NCC(c1cnn(C)c1)N(C)C. The summed E-state index contributed by atoms with van der Waals surface area (Å²) in [4.78, 5) is 15.5. The summed E-state index contributed by atoms with van der Waals surface area (Å²) in [5.41, 5.74) is 1.05. The minimum atomic E-state index is -0.203. The van der Waals surface area contributed by atoms with Crippen molar-refractivity contribution in [1.82, 2.24) is 24.9 Å². The van der Waals surface area contributed by atoms with Gasteiger partial charge in [-0.15, -0.1) is 0 Å². The number of likely N-dealkylation sites (N-methyl/N-ethyl adjacent to an activating group) is 2. The molecule has 114 valence electrons. The van der Waals surface area contributed by atoms with E-state index in [-0.39, 0.29) is 24.7 Å². The number of nitrogens with one attached hydrogen (secondary N) is 1. The maximum Gasteiger partial charge on any atom is 0.317 e. The number of hydrogen-bond donors (Lipinski definition) is 2. The Morgan fingerprint density at radius 3 is 2.60 bits per heavy atom. The van der Waals surface area contributed by atoms with Crippen LogP contribution in [-0.2, 0) is 7.05 Å². The van der Waals surface area contributed by atoms with E-state index in [4.69, 9.17) is 5.11 Å². The highest BCUT2D eigenvalue weighted by atomic mass is 16.3.